The molecule has 2 fully saturated rings. The van der Waals surface area contributed by atoms with Gasteiger partial charge in [-0.1, -0.05) is 24.3 Å². The minimum absolute atomic E-state index is 0.00353. The number of halogens is 1. The average Bonchev–Trinajstić information content (AvgIpc) is 3.48. The summed E-state index contributed by atoms with van der Waals surface area (Å²) in [7, 11) is 0. The molecule has 0 spiro atoms. The maximum absolute atomic E-state index is 15.4. The molecule has 0 aliphatic carbocycles. The Morgan fingerprint density at radius 2 is 1.56 bits per heavy atom. The number of carbonyl (C=O) groups is 3. The molecule has 1 atom stereocenters. The number of nitrogens with zero attached hydrogens (tertiary/aromatic N) is 2. The summed E-state index contributed by atoms with van der Waals surface area (Å²) in [4.78, 5) is 41.2. The lowest BCUT2D eigenvalue weighted by Gasteiger charge is -2.32. The number of hydrogen-bond acceptors (Lipinski definition) is 6. The van der Waals surface area contributed by atoms with Crippen molar-refractivity contribution >= 4 is 18.1 Å². The van der Waals surface area contributed by atoms with Gasteiger partial charge in [-0.05, 0) is 82.3 Å². The van der Waals surface area contributed by atoms with Gasteiger partial charge in [-0.15, -0.1) is 0 Å². The Bertz CT molecular complexity index is 1260. The zero-order chi connectivity index (χ0) is 31.1. The molecule has 234 valence electrons. The van der Waals surface area contributed by atoms with Gasteiger partial charge in [-0.2, -0.15) is 0 Å². The van der Waals surface area contributed by atoms with E-state index in [0.717, 1.165) is 18.4 Å². The fraction of sp³-hybridized carbons (Fsp3) is 0.545. The number of rotatable bonds is 8. The summed E-state index contributed by atoms with van der Waals surface area (Å²) in [6, 6.07) is 11.5. The van der Waals surface area contributed by atoms with Crippen LogP contribution in [0, 0.1) is 5.82 Å². The largest absolute Gasteiger partial charge is 0.490 e. The fourth-order valence-corrected chi connectivity index (χ4v) is 5.27. The van der Waals surface area contributed by atoms with Crippen molar-refractivity contribution in [3.05, 3.63) is 53.8 Å². The van der Waals surface area contributed by atoms with Crippen molar-refractivity contribution in [2.45, 2.75) is 90.6 Å². The fourth-order valence-electron chi connectivity index (χ4n) is 5.27. The molecule has 9 nitrogen and oxygen atoms in total. The Kier molecular flexibility index (Phi) is 10.5. The molecule has 1 unspecified atom stereocenters. The molecule has 0 radical (unpaired) electrons. The highest BCUT2D eigenvalue weighted by Gasteiger charge is 2.30. The number of piperidine rings is 1. The van der Waals surface area contributed by atoms with E-state index in [0.29, 0.717) is 55.9 Å². The van der Waals surface area contributed by atoms with E-state index in [2.05, 4.69) is 5.32 Å². The predicted molar refractivity (Wildman–Crippen MR) is 161 cm³/mol. The summed E-state index contributed by atoms with van der Waals surface area (Å²) < 4.78 is 32.1. The second-order valence-electron chi connectivity index (χ2n) is 12.5. The van der Waals surface area contributed by atoms with Gasteiger partial charge in [0.25, 0.3) is 0 Å². The molecule has 2 aromatic rings. The topological polar surface area (TPSA) is 97.4 Å². The minimum atomic E-state index is -0.933. The van der Waals surface area contributed by atoms with E-state index in [1.807, 2.05) is 44.2 Å². The van der Waals surface area contributed by atoms with Crippen LogP contribution in [0.15, 0.2) is 42.5 Å². The van der Waals surface area contributed by atoms with Gasteiger partial charge in [0.2, 0.25) is 5.91 Å². The van der Waals surface area contributed by atoms with E-state index in [4.69, 9.17) is 14.2 Å². The third-order valence-electron chi connectivity index (χ3n) is 7.41. The third kappa shape index (κ3) is 9.33. The highest BCUT2D eigenvalue weighted by Crippen LogP contribution is 2.27. The highest BCUT2D eigenvalue weighted by molar-refractivity contribution is 5.86. The maximum Gasteiger partial charge on any atom is 0.410 e. The van der Waals surface area contributed by atoms with Gasteiger partial charge in [0.1, 0.15) is 29.3 Å². The van der Waals surface area contributed by atoms with Gasteiger partial charge in [0.05, 0.1) is 6.10 Å². The Labute approximate surface area is 253 Å². The van der Waals surface area contributed by atoms with Crippen molar-refractivity contribution in [3.63, 3.8) is 0 Å². The van der Waals surface area contributed by atoms with Crippen LogP contribution in [0.2, 0.25) is 0 Å². The normalized spacial score (nSPS) is 16.6. The smallest absolute Gasteiger partial charge is 0.410 e. The second kappa shape index (κ2) is 14.1. The van der Waals surface area contributed by atoms with Gasteiger partial charge < -0.3 is 29.3 Å². The molecule has 2 heterocycles. The summed E-state index contributed by atoms with van der Waals surface area (Å²) >= 11 is 0. The summed E-state index contributed by atoms with van der Waals surface area (Å²) in [6.45, 7) is 11.3. The molecule has 4 rings (SSSR count). The Morgan fingerprint density at radius 3 is 2.14 bits per heavy atom. The first-order valence-electron chi connectivity index (χ1n) is 15.2. The number of hydrogen-bond donors (Lipinski definition) is 1. The van der Waals surface area contributed by atoms with E-state index < -0.39 is 23.6 Å². The molecule has 1 N–H and O–H groups in total. The highest BCUT2D eigenvalue weighted by atomic mass is 19.1. The van der Waals surface area contributed by atoms with E-state index in [1.165, 1.54) is 6.07 Å². The lowest BCUT2D eigenvalue weighted by Crippen LogP contribution is -2.50. The molecule has 3 amide bonds. The molecule has 2 saturated heterocycles. The summed E-state index contributed by atoms with van der Waals surface area (Å²) in [5.74, 6) is 0.0231. The van der Waals surface area contributed by atoms with Crippen molar-refractivity contribution in [1.82, 2.24) is 15.1 Å². The van der Waals surface area contributed by atoms with Gasteiger partial charge in [0, 0.05) is 45.4 Å². The van der Waals surface area contributed by atoms with Crippen molar-refractivity contribution < 1.29 is 33.0 Å². The lowest BCUT2D eigenvalue weighted by atomic mass is 9.99. The van der Waals surface area contributed by atoms with Crippen molar-refractivity contribution in [2.24, 2.45) is 0 Å². The third-order valence-corrected chi connectivity index (χ3v) is 7.41. The van der Waals surface area contributed by atoms with Crippen LogP contribution in [0.4, 0.5) is 14.0 Å². The summed E-state index contributed by atoms with van der Waals surface area (Å²) in [5.41, 5.74) is 1.12. The monoisotopic (exact) mass is 597 g/mol. The molecule has 2 aliphatic rings. The SMILES string of the molecule is CC(C)OC(=O)N1CCC(Oc2ccc(-c3ccc(CC(NC(=O)OC(C)(C)C)C(=O)N4CCCC4)c(F)c3)cc2)CC1. The molecular weight excluding hydrogens is 553 g/mol. The maximum atomic E-state index is 15.4. The second-order valence-corrected chi connectivity index (χ2v) is 12.5. The zero-order valence-electron chi connectivity index (χ0n) is 25.9. The van der Waals surface area contributed by atoms with Crippen molar-refractivity contribution in [3.8, 4) is 16.9 Å². The van der Waals surface area contributed by atoms with Crippen molar-refractivity contribution in [2.75, 3.05) is 26.2 Å². The number of benzene rings is 2. The standard InChI is InChI=1S/C33H44FN3O6/c1-22(2)41-32(40)37-18-14-27(15-19-37)42-26-12-10-23(11-13-26)24-8-9-25(28(34)20-24)21-29(30(38)36-16-6-7-17-36)35-31(39)43-33(3,4)5/h8-13,20,22,27,29H,6-7,14-19,21H2,1-5H3,(H,35,39). The molecular formula is C33H44FN3O6. The number of amides is 3. The van der Waals surface area contributed by atoms with Gasteiger partial charge in [-0.25, -0.2) is 14.0 Å². The minimum Gasteiger partial charge on any atom is -0.490 e. The number of likely N-dealkylation sites (tertiary alicyclic amines) is 2. The number of carbonyl (C=O) groups excluding carboxylic acids is 3. The first-order valence-corrected chi connectivity index (χ1v) is 15.2. The van der Waals surface area contributed by atoms with Crippen molar-refractivity contribution in [1.29, 1.82) is 0 Å². The average molecular weight is 598 g/mol. The van der Waals surface area contributed by atoms with Crippen LogP contribution in [0.25, 0.3) is 11.1 Å². The van der Waals surface area contributed by atoms with Gasteiger partial charge in [-0.3, -0.25) is 4.79 Å². The molecule has 0 aromatic heterocycles. The van der Waals surface area contributed by atoms with E-state index in [9.17, 15) is 14.4 Å². The van der Waals surface area contributed by atoms with Gasteiger partial charge in [0.15, 0.2) is 0 Å². The molecule has 0 saturated carbocycles. The van der Waals surface area contributed by atoms with Crippen LogP contribution in [-0.4, -0.2) is 77.9 Å². The lowest BCUT2D eigenvalue weighted by molar-refractivity contribution is -0.132. The van der Waals surface area contributed by atoms with Gasteiger partial charge >= 0.3 is 12.2 Å². The number of nitrogens with one attached hydrogen (secondary N) is 1. The van der Waals surface area contributed by atoms with Crippen LogP contribution in [0.5, 0.6) is 5.75 Å². The summed E-state index contributed by atoms with van der Waals surface area (Å²) in [6.07, 6.45) is 2.12. The number of alkyl carbamates (subject to hydrolysis) is 1. The molecule has 43 heavy (non-hydrogen) atoms. The van der Waals surface area contributed by atoms with Crippen LogP contribution in [0.3, 0.4) is 0 Å². The van der Waals surface area contributed by atoms with Crippen LogP contribution in [0.1, 0.15) is 65.9 Å². The molecule has 2 aliphatic heterocycles. The van der Waals surface area contributed by atoms with Crippen LogP contribution in [-0.2, 0) is 20.7 Å². The Balaban J connectivity index is 1.37. The Morgan fingerprint density at radius 1 is 0.930 bits per heavy atom. The molecule has 2 aromatic carbocycles. The predicted octanol–water partition coefficient (Wildman–Crippen LogP) is 5.94. The van der Waals surface area contributed by atoms with E-state index in [1.54, 1.807) is 36.6 Å². The Hall–Kier alpha value is -3.82. The number of ether oxygens (including phenoxy) is 3. The van der Waals surface area contributed by atoms with E-state index >= 15 is 4.39 Å². The molecule has 10 heteroatoms. The van der Waals surface area contributed by atoms with Crippen LogP contribution < -0.4 is 10.1 Å². The first kappa shape index (κ1) is 32.1. The first-order chi connectivity index (χ1) is 20.4. The van der Waals surface area contributed by atoms with Crippen LogP contribution >= 0.6 is 0 Å². The molecule has 0 bridgehead atoms. The quantitative estimate of drug-likeness (QED) is 0.405. The summed E-state index contributed by atoms with van der Waals surface area (Å²) in [5, 5.41) is 2.67. The van der Waals surface area contributed by atoms with E-state index in [-0.39, 0.29) is 30.6 Å². The zero-order valence-corrected chi connectivity index (χ0v) is 25.9.